The lowest BCUT2D eigenvalue weighted by Gasteiger charge is -2.14. The van der Waals surface area contributed by atoms with Crippen molar-refractivity contribution in [2.24, 2.45) is 5.73 Å². The molecule has 1 unspecified atom stereocenters. The first kappa shape index (κ1) is 13.3. The van der Waals surface area contributed by atoms with Gasteiger partial charge in [0.25, 0.3) is 0 Å². The normalized spacial score (nSPS) is 12.8. The molecule has 0 radical (unpaired) electrons. The van der Waals surface area contributed by atoms with Gasteiger partial charge in [-0.2, -0.15) is 5.10 Å². The number of nitrogens with one attached hydrogen (secondary N) is 1. The quantitative estimate of drug-likeness (QED) is 0.805. The number of thiophene rings is 1. The van der Waals surface area contributed by atoms with Crippen LogP contribution in [0.4, 0.5) is 0 Å². The van der Waals surface area contributed by atoms with Gasteiger partial charge in [-0.05, 0) is 17.9 Å². The van der Waals surface area contributed by atoms with E-state index in [2.05, 4.69) is 41.0 Å². The molecule has 0 aromatic carbocycles. The van der Waals surface area contributed by atoms with Crippen molar-refractivity contribution in [3.8, 4) is 0 Å². The monoisotopic (exact) mass is 264 g/mol. The fourth-order valence-electron chi connectivity index (χ4n) is 1.89. The summed E-state index contributed by atoms with van der Waals surface area (Å²) in [6.07, 6.45) is 5.09. The summed E-state index contributed by atoms with van der Waals surface area (Å²) in [5.41, 5.74) is 7.00. The van der Waals surface area contributed by atoms with E-state index >= 15 is 0 Å². The van der Waals surface area contributed by atoms with E-state index in [-0.39, 0.29) is 6.04 Å². The highest BCUT2D eigenvalue weighted by atomic mass is 32.1. The van der Waals surface area contributed by atoms with Gasteiger partial charge in [0.1, 0.15) is 0 Å². The van der Waals surface area contributed by atoms with Gasteiger partial charge in [0.15, 0.2) is 0 Å². The van der Waals surface area contributed by atoms with Crippen LogP contribution in [0.25, 0.3) is 0 Å². The van der Waals surface area contributed by atoms with Crippen molar-refractivity contribution in [2.45, 2.75) is 32.5 Å². The number of aromatic nitrogens is 2. The molecule has 3 N–H and O–H groups in total. The van der Waals surface area contributed by atoms with Gasteiger partial charge in [-0.25, -0.2) is 0 Å². The number of rotatable bonds is 7. The lowest BCUT2D eigenvalue weighted by Crippen LogP contribution is -2.27. The molecule has 0 aliphatic carbocycles. The zero-order valence-corrected chi connectivity index (χ0v) is 11.5. The molecule has 1 atom stereocenters. The Morgan fingerprint density at radius 3 is 3.11 bits per heavy atom. The van der Waals surface area contributed by atoms with Crippen molar-refractivity contribution < 1.29 is 0 Å². The minimum absolute atomic E-state index is 0.178. The highest BCUT2D eigenvalue weighted by Gasteiger charge is 2.11. The van der Waals surface area contributed by atoms with Crippen molar-refractivity contribution in [2.75, 3.05) is 6.54 Å². The molecule has 0 fully saturated rings. The van der Waals surface area contributed by atoms with E-state index in [1.807, 2.05) is 10.9 Å². The van der Waals surface area contributed by atoms with E-state index < -0.39 is 0 Å². The Hall–Kier alpha value is -1.17. The number of hydrogen-bond donors (Lipinski definition) is 2. The summed E-state index contributed by atoms with van der Waals surface area (Å²) in [7, 11) is 0. The van der Waals surface area contributed by atoms with Crippen molar-refractivity contribution in [1.82, 2.24) is 15.1 Å². The lowest BCUT2D eigenvalue weighted by molar-refractivity contribution is 0.542. The maximum Gasteiger partial charge on any atom is 0.0538 e. The summed E-state index contributed by atoms with van der Waals surface area (Å²) >= 11 is 1.76. The second kappa shape index (κ2) is 6.68. The van der Waals surface area contributed by atoms with Gasteiger partial charge in [-0.3, -0.25) is 4.68 Å². The molecular weight excluding hydrogens is 244 g/mol. The second-order valence-electron chi connectivity index (χ2n) is 4.29. The minimum Gasteiger partial charge on any atom is -0.329 e. The first-order chi connectivity index (χ1) is 8.83. The Bertz CT molecular complexity index is 449. The van der Waals surface area contributed by atoms with Crippen LogP contribution >= 0.6 is 11.3 Å². The molecular formula is C13H20N4S. The van der Waals surface area contributed by atoms with Crippen molar-refractivity contribution in [3.05, 3.63) is 40.3 Å². The summed E-state index contributed by atoms with van der Waals surface area (Å²) in [6.45, 7) is 4.56. The molecule has 0 aliphatic rings. The van der Waals surface area contributed by atoms with Crippen molar-refractivity contribution >= 4 is 11.3 Å². The average molecular weight is 264 g/mol. The fourth-order valence-corrected chi connectivity index (χ4v) is 2.54. The van der Waals surface area contributed by atoms with Crippen LogP contribution < -0.4 is 11.1 Å². The highest BCUT2D eigenvalue weighted by Crippen LogP contribution is 2.14. The Kier molecular flexibility index (Phi) is 4.92. The smallest absolute Gasteiger partial charge is 0.0538 e. The van der Waals surface area contributed by atoms with Gasteiger partial charge >= 0.3 is 0 Å². The molecule has 0 bridgehead atoms. The van der Waals surface area contributed by atoms with Crippen LogP contribution in [0.1, 0.15) is 29.8 Å². The molecule has 0 spiro atoms. The molecule has 2 aromatic rings. The standard InChI is InChI=1S/C13H20N4S/c1-2-5-17-10-11(8-16-17)13(7-14)15-9-12-4-3-6-18-12/h3-4,6,8,10,13,15H,2,5,7,9,14H2,1H3. The summed E-state index contributed by atoms with van der Waals surface area (Å²) < 4.78 is 1.98. The van der Waals surface area contributed by atoms with Gasteiger partial charge in [-0.1, -0.05) is 13.0 Å². The molecule has 0 amide bonds. The van der Waals surface area contributed by atoms with Gasteiger partial charge in [0.05, 0.1) is 6.20 Å². The Balaban J connectivity index is 1.94. The van der Waals surface area contributed by atoms with Gasteiger partial charge in [0, 0.05) is 42.3 Å². The molecule has 2 heterocycles. The fraction of sp³-hybridized carbons (Fsp3) is 0.462. The van der Waals surface area contributed by atoms with E-state index in [1.54, 1.807) is 11.3 Å². The largest absolute Gasteiger partial charge is 0.329 e. The Morgan fingerprint density at radius 1 is 1.56 bits per heavy atom. The maximum absolute atomic E-state index is 5.83. The number of nitrogens with zero attached hydrogens (tertiary/aromatic N) is 2. The molecule has 2 aromatic heterocycles. The van der Waals surface area contributed by atoms with Gasteiger partial charge in [0.2, 0.25) is 0 Å². The average Bonchev–Trinajstić information content (AvgIpc) is 3.02. The summed E-state index contributed by atoms with van der Waals surface area (Å²) in [5, 5.41) is 9.91. The predicted molar refractivity (Wildman–Crippen MR) is 75.5 cm³/mol. The van der Waals surface area contributed by atoms with Crippen LogP contribution in [-0.4, -0.2) is 16.3 Å². The highest BCUT2D eigenvalue weighted by molar-refractivity contribution is 7.09. The van der Waals surface area contributed by atoms with Crippen LogP contribution in [0.15, 0.2) is 29.9 Å². The molecule has 5 heteroatoms. The third kappa shape index (κ3) is 3.41. The predicted octanol–water partition coefficient (Wildman–Crippen LogP) is 2.14. The lowest BCUT2D eigenvalue weighted by atomic mass is 10.1. The van der Waals surface area contributed by atoms with Crippen LogP contribution in [0.2, 0.25) is 0 Å². The third-order valence-corrected chi connectivity index (χ3v) is 3.72. The van der Waals surface area contributed by atoms with E-state index in [9.17, 15) is 0 Å². The summed E-state index contributed by atoms with van der Waals surface area (Å²) in [4.78, 5) is 1.33. The van der Waals surface area contributed by atoms with Crippen LogP contribution in [-0.2, 0) is 13.1 Å². The number of hydrogen-bond acceptors (Lipinski definition) is 4. The van der Waals surface area contributed by atoms with E-state index in [0.717, 1.165) is 19.5 Å². The maximum atomic E-state index is 5.83. The second-order valence-corrected chi connectivity index (χ2v) is 5.32. The van der Waals surface area contributed by atoms with Gasteiger partial charge in [-0.15, -0.1) is 11.3 Å². The molecule has 18 heavy (non-hydrogen) atoms. The van der Waals surface area contributed by atoms with Crippen LogP contribution in [0, 0.1) is 0 Å². The third-order valence-electron chi connectivity index (χ3n) is 2.85. The Labute approximate surface area is 112 Å². The summed E-state index contributed by atoms with van der Waals surface area (Å²) in [5.74, 6) is 0. The SMILES string of the molecule is CCCn1cc(C(CN)NCc2cccs2)cn1. The van der Waals surface area contributed by atoms with E-state index in [1.165, 1.54) is 10.4 Å². The first-order valence-corrected chi connectivity index (χ1v) is 7.19. The van der Waals surface area contributed by atoms with Crippen LogP contribution in [0.3, 0.4) is 0 Å². The van der Waals surface area contributed by atoms with Gasteiger partial charge < -0.3 is 11.1 Å². The van der Waals surface area contributed by atoms with E-state index in [0.29, 0.717) is 6.54 Å². The molecule has 98 valence electrons. The first-order valence-electron chi connectivity index (χ1n) is 6.31. The Morgan fingerprint density at radius 2 is 2.44 bits per heavy atom. The van der Waals surface area contributed by atoms with Crippen molar-refractivity contribution in [3.63, 3.8) is 0 Å². The molecule has 0 aliphatic heterocycles. The minimum atomic E-state index is 0.178. The topological polar surface area (TPSA) is 55.9 Å². The van der Waals surface area contributed by atoms with Crippen LogP contribution in [0.5, 0.6) is 0 Å². The summed E-state index contributed by atoms with van der Waals surface area (Å²) in [6, 6.07) is 4.38. The molecule has 0 saturated carbocycles. The molecule has 2 rings (SSSR count). The molecule has 0 saturated heterocycles. The number of aryl methyl sites for hydroxylation is 1. The zero-order chi connectivity index (χ0) is 12.8. The number of nitrogens with two attached hydrogens (primary N) is 1. The molecule has 4 nitrogen and oxygen atoms in total. The van der Waals surface area contributed by atoms with E-state index in [4.69, 9.17) is 5.73 Å². The van der Waals surface area contributed by atoms with Crippen molar-refractivity contribution in [1.29, 1.82) is 0 Å². The zero-order valence-electron chi connectivity index (χ0n) is 10.7.